The van der Waals surface area contributed by atoms with Crippen LogP contribution < -0.4 is 0 Å². The van der Waals surface area contributed by atoms with Gasteiger partial charge in [-0.15, -0.1) is 0 Å². The maximum absolute atomic E-state index is 11.7. The molecule has 1 aromatic rings. The van der Waals surface area contributed by atoms with Gasteiger partial charge in [0.05, 0.1) is 6.61 Å². The highest BCUT2D eigenvalue weighted by molar-refractivity contribution is 5.87. The molecule has 1 aliphatic rings. The Morgan fingerprint density at radius 2 is 1.86 bits per heavy atom. The summed E-state index contributed by atoms with van der Waals surface area (Å²) in [4.78, 5) is 11.7. The lowest BCUT2D eigenvalue weighted by Gasteiger charge is -2.39. The maximum atomic E-state index is 11.7. The first kappa shape index (κ1) is 16.6. The van der Waals surface area contributed by atoms with Crippen LogP contribution in [0.1, 0.15) is 5.56 Å². The molecule has 1 saturated heterocycles. The van der Waals surface area contributed by atoms with Gasteiger partial charge in [-0.2, -0.15) is 0 Å². The van der Waals surface area contributed by atoms with Gasteiger partial charge in [-0.25, -0.2) is 4.79 Å². The number of carbonyl (C=O) groups is 1. The van der Waals surface area contributed by atoms with Crippen LogP contribution in [0.3, 0.4) is 0 Å². The normalized spacial score (nSPS) is 32.1. The minimum atomic E-state index is -1.63. The molecule has 120 valence electrons. The molecule has 0 radical (unpaired) electrons. The predicted octanol–water partition coefficient (Wildman–Crippen LogP) is -0.957. The molecule has 0 spiro atoms. The molecule has 2 rings (SSSR count). The molecule has 1 aliphatic heterocycles. The summed E-state index contributed by atoms with van der Waals surface area (Å²) in [5.74, 6) is -0.801. The van der Waals surface area contributed by atoms with E-state index >= 15 is 0 Å². The van der Waals surface area contributed by atoms with Crippen LogP contribution in [0.4, 0.5) is 0 Å². The largest absolute Gasteiger partial charge is 0.451 e. The topological polar surface area (TPSA) is 116 Å². The van der Waals surface area contributed by atoms with Gasteiger partial charge in [0.2, 0.25) is 0 Å². The van der Waals surface area contributed by atoms with Gasteiger partial charge in [0.1, 0.15) is 18.3 Å². The molecule has 5 unspecified atom stereocenters. The second-order valence-electron chi connectivity index (χ2n) is 4.87. The number of benzene rings is 1. The number of hydrogen-bond acceptors (Lipinski definition) is 7. The van der Waals surface area contributed by atoms with Crippen molar-refractivity contribution in [2.45, 2.75) is 30.7 Å². The summed E-state index contributed by atoms with van der Waals surface area (Å²) in [7, 11) is 0. The number of aliphatic hydroxyl groups excluding tert-OH is 4. The Hall–Kier alpha value is -1.77. The molecule has 0 amide bonds. The Bertz CT molecular complexity index is 516. The number of aliphatic hydroxyl groups is 4. The van der Waals surface area contributed by atoms with E-state index in [2.05, 4.69) is 0 Å². The first-order valence-corrected chi connectivity index (χ1v) is 6.77. The SMILES string of the molecule is O=C(/C=C/c1ccccc1)OC1C(O)OC(CO)C(O)C1O. The fourth-order valence-electron chi connectivity index (χ4n) is 2.10. The van der Waals surface area contributed by atoms with Crippen LogP contribution in [0.5, 0.6) is 0 Å². The van der Waals surface area contributed by atoms with Gasteiger partial charge >= 0.3 is 5.97 Å². The molecule has 0 aliphatic carbocycles. The zero-order valence-electron chi connectivity index (χ0n) is 11.6. The van der Waals surface area contributed by atoms with Crippen molar-refractivity contribution in [2.75, 3.05) is 6.61 Å². The molecule has 0 saturated carbocycles. The van der Waals surface area contributed by atoms with Crippen LogP contribution in [0.2, 0.25) is 0 Å². The standard InChI is InChI=1S/C15H18O7/c16-8-10-12(18)13(19)14(15(20)21-10)22-11(17)7-6-9-4-2-1-3-5-9/h1-7,10,12-16,18-20H,8H2/b7-6+. The van der Waals surface area contributed by atoms with Crippen molar-refractivity contribution in [1.82, 2.24) is 0 Å². The number of hydrogen-bond donors (Lipinski definition) is 4. The van der Waals surface area contributed by atoms with E-state index in [9.17, 15) is 20.1 Å². The van der Waals surface area contributed by atoms with Gasteiger partial charge in [0, 0.05) is 6.08 Å². The fraction of sp³-hybridized carbons (Fsp3) is 0.400. The van der Waals surface area contributed by atoms with E-state index in [0.29, 0.717) is 0 Å². The Morgan fingerprint density at radius 1 is 1.18 bits per heavy atom. The number of esters is 1. The van der Waals surface area contributed by atoms with E-state index in [4.69, 9.17) is 14.6 Å². The molecule has 5 atom stereocenters. The molecule has 1 heterocycles. The van der Waals surface area contributed by atoms with Crippen LogP contribution in [0, 0.1) is 0 Å². The smallest absolute Gasteiger partial charge is 0.331 e. The third kappa shape index (κ3) is 3.90. The predicted molar refractivity (Wildman–Crippen MR) is 75.3 cm³/mol. The number of ether oxygens (including phenoxy) is 2. The highest BCUT2D eigenvalue weighted by atomic mass is 16.7. The molecule has 22 heavy (non-hydrogen) atoms. The van der Waals surface area contributed by atoms with E-state index in [0.717, 1.165) is 11.6 Å². The summed E-state index contributed by atoms with van der Waals surface area (Å²) in [5.41, 5.74) is 0.779. The van der Waals surface area contributed by atoms with Gasteiger partial charge in [-0.1, -0.05) is 30.3 Å². The summed E-state index contributed by atoms with van der Waals surface area (Å²) < 4.78 is 9.80. The average Bonchev–Trinajstić information content (AvgIpc) is 2.54. The number of carbonyl (C=O) groups excluding carboxylic acids is 1. The van der Waals surface area contributed by atoms with E-state index < -0.39 is 43.3 Å². The van der Waals surface area contributed by atoms with Crippen molar-refractivity contribution in [3.8, 4) is 0 Å². The highest BCUT2D eigenvalue weighted by Crippen LogP contribution is 2.22. The van der Waals surface area contributed by atoms with Gasteiger partial charge in [-0.05, 0) is 11.6 Å². The summed E-state index contributed by atoms with van der Waals surface area (Å²) in [5, 5.41) is 38.2. The van der Waals surface area contributed by atoms with E-state index in [1.54, 1.807) is 24.3 Å². The lowest BCUT2D eigenvalue weighted by molar-refractivity contribution is -0.289. The van der Waals surface area contributed by atoms with Crippen LogP contribution in [0.25, 0.3) is 6.08 Å². The zero-order valence-corrected chi connectivity index (χ0v) is 11.6. The van der Waals surface area contributed by atoms with E-state index in [1.807, 2.05) is 6.07 Å². The van der Waals surface area contributed by atoms with Crippen LogP contribution in [-0.2, 0) is 14.3 Å². The zero-order chi connectivity index (χ0) is 16.1. The first-order chi connectivity index (χ1) is 10.5. The van der Waals surface area contributed by atoms with Gasteiger partial charge in [0.15, 0.2) is 12.4 Å². The Balaban J connectivity index is 1.97. The Kier molecular flexibility index (Phi) is 5.64. The third-order valence-corrected chi connectivity index (χ3v) is 3.31. The van der Waals surface area contributed by atoms with Crippen molar-refractivity contribution < 1.29 is 34.7 Å². The molecule has 7 nitrogen and oxygen atoms in total. The summed E-state index contributed by atoms with van der Waals surface area (Å²) in [6, 6.07) is 9.01. The minimum absolute atomic E-state index is 0.580. The van der Waals surface area contributed by atoms with Gasteiger partial charge in [0.25, 0.3) is 0 Å². The second-order valence-corrected chi connectivity index (χ2v) is 4.87. The minimum Gasteiger partial charge on any atom is -0.451 e. The molecule has 0 aromatic heterocycles. The summed E-state index contributed by atoms with van der Waals surface area (Å²) >= 11 is 0. The van der Waals surface area contributed by atoms with Crippen molar-refractivity contribution in [3.05, 3.63) is 42.0 Å². The molecule has 7 heteroatoms. The summed E-state index contributed by atoms with van der Waals surface area (Å²) in [6.45, 7) is -0.580. The van der Waals surface area contributed by atoms with Crippen molar-refractivity contribution in [2.24, 2.45) is 0 Å². The van der Waals surface area contributed by atoms with Crippen molar-refractivity contribution in [1.29, 1.82) is 0 Å². The lowest BCUT2D eigenvalue weighted by atomic mass is 9.99. The Morgan fingerprint density at radius 3 is 2.50 bits per heavy atom. The van der Waals surface area contributed by atoms with Crippen LogP contribution >= 0.6 is 0 Å². The molecular formula is C15H18O7. The van der Waals surface area contributed by atoms with Crippen LogP contribution in [0.15, 0.2) is 36.4 Å². The molecule has 1 aromatic carbocycles. The van der Waals surface area contributed by atoms with Gasteiger partial charge in [-0.3, -0.25) is 0 Å². The van der Waals surface area contributed by atoms with E-state index in [-0.39, 0.29) is 0 Å². The molecule has 1 fully saturated rings. The molecular weight excluding hydrogens is 292 g/mol. The van der Waals surface area contributed by atoms with Crippen LogP contribution in [-0.4, -0.2) is 63.7 Å². The maximum Gasteiger partial charge on any atom is 0.331 e. The average molecular weight is 310 g/mol. The molecule has 4 N–H and O–H groups in total. The fourth-order valence-corrected chi connectivity index (χ4v) is 2.10. The second kappa shape index (κ2) is 7.48. The monoisotopic (exact) mass is 310 g/mol. The number of rotatable bonds is 4. The Labute approximate surface area is 127 Å². The third-order valence-electron chi connectivity index (χ3n) is 3.31. The van der Waals surface area contributed by atoms with Gasteiger partial charge < -0.3 is 29.9 Å². The lowest BCUT2D eigenvalue weighted by Crippen LogP contribution is -2.59. The van der Waals surface area contributed by atoms with Crippen molar-refractivity contribution in [3.63, 3.8) is 0 Å². The summed E-state index contributed by atoms with van der Waals surface area (Å²) in [6.07, 6.45) is -4.59. The molecule has 0 bridgehead atoms. The van der Waals surface area contributed by atoms with E-state index in [1.165, 1.54) is 6.08 Å². The van der Waals surface area contributed by atoms with Crippen molar-refractivity contribution >= 4 is 12.0 Å². The highest BCUT2D eigenvalue weighted by Gasteiger charge is 2.45. The quantitative estimate of drug-likeness (QED) is 0.418. The first-order valence-electron chi connectivity index (χ1n) is 6.77.